The molecule has 72 valence electrons. The first-order chi connectivity index (χ1) is 6.14. The number of alkyl halides is 2. The molecule has 0 N–H and O–H groups in total. The van der Waals surface area contributed by atoms with Crippen molar-refractivity contribution in [3.05, 3.63) is 30.3 Å². The number of hydrogen-bond acceptors (Lipinski definition) is 1. The maximum atomic E-state index is 12.6. The first kappa shape index (κ1) is 10.6. The summed E-state index contributed by atoms with van der Waals surface area (Å²) in [5.74, 6) is 0. The van der Waals surface area contributed by atoms with E-state index in [9.17, 15) is 8.78 Å². The predicted molar refractivity (Wildman–Crippen MR) is 48.6 cm³/mol. The molecule has 0 amide bonds. The van der Waals surface area contributed by atoms with Crippen LogP contribution in [0, 0.1) is 0 Å². The summed E-state index contributed by atoms with van der Waals surface area (Å²) in [4.78, 5) is 0. The normalized spacial score (nSPS) is 11.6. The maximum absolute atomic E-state index is 12.6. The molecule has 0 atom stereocenters. The van der Waals surface area contributed by atoms with Gasteiger partial charge in [0.05, 0.1) is 0 Å². The van der Waals surface area contributed by atoms with E-state index < -0.39 is 6.11 Å². The predicted octanol–water partition coefficient (Wildman–Crippen LogP) is 1.67. The number of halogens is 2. The van der Waals surface area contributed by atoms with Gasteiger partial charge in [-0.25, -0.2) is 0 Å². The summed E-state index contributed by atoms with van der Waals surface area (Å²) in [7, 11) is 1.03. The zero-order chi connectivity index (χ0) is 9.73. The third kappa shape index (κ3) is 3.85. The van der Waals surface area contributed by atoms with Gasteiger partial charge < -0.3 is 0 Å². The van der Waals surface area contributed by atoms with Gasteiger partial charge in [0.15, 0.2) is 0 Å². The van der Waals surface area contributed by atoms with E-state index in [1.807, 2.05) is 30.3 Å². The molecule has 0 saturated heterocycles. The second-order valence-corrected chi connectivity index (χ2v) is 4.64. The molecule has 1 nitrogen and oxygen atoms in total. The Morgan fingerprint density at radius 1 is 1.31 bits per heavy atom. The van der Waals surface area contributed by atoms with Crippen LogP contribution < -0.4 is 4.46 Å². The summed E-state index contributed by atoms with van der Waals surface area (Å²) < 4.78 is 30.3. The molecular formula is C9H10F2OSe. The fourth-order valence-electron chi connectivity index (χ4n) is 0.743. The van der Waals surface area contributed by atoms with Crippen molar-refractivity contribution in [3.63, 3.8) is 0 Å². The fraction of sp³-hybridized carbons (Fsp3) is 0.333. The van der Waals surface area contributed by atoms with Gasteiger partial charge in [0.2, 0.25) is 0 Å². The molecule has 0 spiro atoms. The summed E-state index contributed by atoms with van der Waals surface area (Å²) in [5.41, 5.74) is 0. The van der Waals surface area contributed by atoms with Gasteiger partial charge in [0.1, 0.15) is 0 Å². The minimum atomic E-state index is -2.98. The number of benzene rings is 1. The average molecular weight is 251 g/mol. The topological polar surface area (TPSA) is 9.23 Å². The standard InChI is InChI=1S/C9H10F2OSe/c1-12-9(10,11)7-13-8-5-3-2-4-6-8/h2-6H,7H2,1H3. The summed E-state index contributed by atoms with van der Waals surface area (Å²) >= 11 is -0.221. The number of hydrogen-bond donors (Lipinski definition) is 0. The van der Waals surface area contributed by atoms with E-state index in [0.29, 0.717) is 0 Å². The molecule has 0 bridgehead atoms. The van der Waals surface area contributed by atoms with Crippen LogP contribution in [-0.4, -0.2) is 28.2 Å². The van der Waals surface area contributed by atoms with Crippen LogP contribution in [0.5, 0.6) is 0 Å². The molecule has 1 aromatic rings. The number of rotatable bonds is 4. The van der Waals surface area contributed by atoms with E-state index in [1.165, 1.54) is 0 Å². The van der Waals surface area contributed by atoms with Crippen LogP contribution in [0.3, 0.4) is 0 Å². The molecule has 0 fully saturated rings. The van der Waals surface area contributed by atoms with Gasteiger partial charge in [-0.15, -0.1) is 0 Å². The van der Waals surface area contributed by atoms with Crippen molar-refractivity contribution >= 4 is 19.4 Å². The van der Waals surface area contributed by atoms with Crippen molar-refractivity contribution in [2.45, 2.75) is 11.4 Å². The van der Waals surface area contributed by atoms with Crippen LogP contribution in [0.15, 0.2) is 30.3 Å². The Bertz CT molecular complexity index is 251. The van der Waals surface area contributed by atoms with Crippen molar-refractivity contribution in [2.24, 2.45) is 0 Å². The van der Waals surface area contributed by atoms with E-state index in [0.717, 1.165) is 11.6 Å². The number of ether oxygens (including phenoxy) is 1. The Labute approximate surface area is 82.3 Å². The second kappa shape index (κ2) is 4.70. The molecule has 0 aliphatic carbocycles. The summed E-state index contributed by atoms with van der Waals surface area (Å²) in [6.45, 7) is 0. The first-order valence-corrected chi connectivity index (χ1v) is 5.82. The number of methoxy groups -OCH3 is 1. The van der Waals surface area contributed by atoms with Gasteiger partial charge in [-0.05, 0) is 0 Å². The molecule has 0 saturated carbocycles. The summed E-state index contributed by atoms with van der Waals surface area (Å²) in [6.07, 6.45) is -2.98. The van der Waals surface area contributed by atoms with Crippen molar-refractivity contribution < 1.29 is 13.5 Å². The summed E-state index contributed by atoms with van der Waals surface area (Å²) in [6, 6.07) is 9.27. The Morgan fingerprint density at radius 3 is 2.46 bits per heavy atom. The SMILES string of the molecule is COC(F)(F)C[Se]c1ccccc1. The molecule has 0 unspecified atom stereocenters. The Kier molecular flexibility index (Phi) is 3.85. The first-order valence-electron chi connectivity index (χ1n) is 3.75. The fourth-order valence-corrected chi connectivity index (χ4v) is 2.43. The van der Waals surface area contributed by atoms with E-state index in [2.05, 4.69) is 4.74 Å². The molecular weight excluding hydrogens is 241 g/mol. The monoisotopic (exact) mass is 252 g/mol. The van der Waals surface area contributed by atoms with Gasteiger partial charge in [0, 0.05) is 0 Å². The molecule has 0 radical (unpaired) electrons. The quantitative estimate of drug-likeness (QED) is 0.740. The average Bonchev–Trinajstić information content (AvgIpc) is 2.17. The van der Waals surface area contributed by atoms with Crippen LogP contribution in [0.25, 0.3) is 0 Å². The van der Waals surface area contributed by atoms with E-state index in [-0.39, 0.29) is 20.3 Å². The molecule has 0 heterocycles. The third-order valence-corrected chi connectivity index (χ3v) is 3.73. The van der Waals surface area contributed by atoms with E-state index in [4.69, 9.17) is 0 Å². The van der Waals surface area contributed by atoms with Gasteiger partial charge in [-0.2, -0.15) is 0 Å². The van der Waals surface area contributed by atoms with Crippen LogP contribution in [0.1, 0.15) is 0 Å². The van der Waals surface area contributed by atoms with Crippen LogP contribution in [0.2, 0.25) is 5.32 Å². The Balaban J connectivity index is 2.44. The molecule has 1 rings (SSSR count). The van der Waals surface area contributed by atoms with Crippen molar-refractivity contribution in [1.29, 1.82) is 0 Å². The van der Waals surface area contributed by atoms with Crippen molar-refractivity contribution in [3.8, 4) is 0 Å². The molecule has 0 aliphatic heterocycles. The summed E-state index contributed by atoms with van der Waals surface area (Å²) in [5, 5.41) is -0.208. The van der Waals surface area contributed by atoms with Crippen molar-refractivity contribution in [1.82, 2.24) is 0 Å². The Morgan fingerprint density at radius 2 is 1.92 bits per heavy atom. The zero-order valence-electron chi connectivity index (χ0n) is 7.17. The molecule has 13 heavy (non-hydrogen) atoms. The van der Waals surface area contributed by atoms with E-state index in [1.54, 1.807) is 0 Å². The third-order valence-electron chi connectivity index (χ3n) is 1.45. The van der Waals surface area contributed by atoms with E-state index >= 15 is 0 Å². The molecule has 4 heteroatoms. The van der Waals surface area contributed by atoms with Crippen LogP contribution >= 0.6 is 0 Å². The molecule has 0 aromatic heterocycles. The second-order valence-electron chi connectivity index (χ2n) is 2.44. The zero-order valence-corrected chi connectivity index (χ0v) is 8.88. The van der Waals surface area contributed by atoms with Gasteiger partial charge >= 0.3 is 81.8 Å². The Hall–Kier alpha value is -0.441. The van der Waals surface area contributed by atoms with Gasteiger partial charge in [-0.1, -0.05) is 0 Å². The van der Waals surface area contributed by atoms with Crippen molar-refractivity contribution in [2.75, 3.05) is 7.11 Å². The van der Waals surface area contributed by atoms with Gasteiger partial charge in [-0.3, -0.25) is 0 Å². The van der Waals surface area contributed by atoms with Crippen LogP contribution in [-0.2, 0) is 4.74 Å². The minimum absolute atomic E-state index is 0.208. The molecule has 0 aliphatic rings. The van der Waals surface area contributed by atoms with Crippen LogP contribution in [0.4, 0.5) is 8.78 Å². The van der Waals surface area contributed by atoms with Gasteiger partial charge in [0.25, 0.3) is 0 Å². The molecule has 1 aromatic carbocycles.